The van der Waals surface area contributed by atoms with Gasteiger partial charge in [-0.1, -0.05) is 42.1 Å². The first kappa shape index (κ1) is 29.1. The van der Waals surface area contributed by atoms with Gasteiger partial charge in [0.1, 0.15) is 6.54 Å². The summed E-state index contributed by atoms with van der Waals surface area (Å²) in [6.07, 6.45) is 10.7. The van der Waals surface area contributed by atoms with E-state index in [-0.39, 0.29) is 16.7 Å². The van der Waals surface area contributed by atoms with Crippen LogP contribution in [0.1, 0.15) is 68.8 Å². The van der Waals surface area contributed by atoms with E-state index < -0.39 is 16.1 Å². The second kappa shape index (κ2) is 12.1. The molecule has 1 aliphatic carbocycles. The van der Waals surface area contributed by atoms with Crippen molar-refractivity contribution in [3.63, 3.8) is 0 Å². The van der Waals surface area contributed by atoms with Gasteiger partial charge in [0.15, 0.2) is 5.71 Å². The van der Waals surface area contributed by atoms with E-state index in [1.54, 1.807) is 23.9 Å². The zero-order chi connectivity index (χ0) is 28.2. The van der Waals surface area contributed by atoms with Gasteiger partial charge in [-0.3, -0.25) is 4.55 Å². The van der Waals surface area contributed by atoms with Crippen LogP contribution in [0.3, 0.4) is 0 Å². The van der Waals surface area contributed by atoms with Crippen molar-refractivity contribution in [3.05, 3.63) is 93.9 Å². The zero-order valence-corrected chi connectivity index (χ0v) is 24.3. The standard InChI is InChI=1S/C31H35NO5S2/c1-4-22-10-9-11-23(29(22)38-25-17-14-24(15-18-25)30(33)34)16-19-28-31(2,3)26-12-5-6-13-27(26)32(28)20-7-8-21-39(35,36)37/h4-6,12-19H,7-11,20-21H2,1-3H3,(H-,33,34,35,36,37)/p+1/b19-16+,22-4+. The van der Waals surface area contributed by atoms with Gasteiger partial charge in [-0.05, 0) is 81.9 Å². The minimum atomic E-state index is -3.97. The van der Waals surface area contributed by atoms with Gasteiger partial charge < -0.3 is 5.11 Å². The normalized spacial score (nSPS) is 18.3. The first-order chi connectivity index (χ1) is 18.5. The number of nitrogens with zero attached hydrogens (tertiary/aromatic N) is 1. The first-order valence-electron chi connectivity index (χ1n) is 13.3. The molecule has 0 aromatic heterocycles. The van der Waals surface area contributed by atoms with Crippen LogP contribution >= 0.6 is 11.8 Å². The molecule has 206 valence electrons. The van der Waals surface area contributed by atoms with E-state index in [4.69, 9.17) is 4.55 Å². The highest BCUT2D eigenvalue weighted by atomic mass is 32.2. The SMILES string of the molecule is C/C=C1\CCCC(/C=C/C2=[N+](CCCCS(=O)(=O)O)c3ccccc3C2(C)C)=C1Sc1ccc(C(=O)O)cc1. The highest BCUT2D eigenvalue weighted by Gasteiger charge is 2.43. The molecular weight excluding hydrogens is 530 g/mol. The smallest absolute Gasteiger partial charge is 0.335 e. The van der Waals surface area contributed by atoms with Crippen molar-refractivity contribution in [1.82, 2.24) is 0 Å². The largest absolute Gasteiger partial charge is 0.478 e. The van der Waals surface area contributed by atoms with Crippen molar-refractivity contribution in [2.75, 3.05) is 12.3 Å². The number of carboxylic acids is 1. The molecule has 0 unspecified atom stereocenters. The molecule has 0 saturated heterocycles. The highest BCUT2D eigenvalue weighted by molar-refractivity contribution is 8.03. The van der Waals surface area contributed by atoms with Gasteiger partial charge in [0.2, 0.25) is 5.69 Å². The van der Waals surface area contributed by atoms with Crippen LogP contribution in [0.5, 0.6) is 0 Å². The Morgan fingerprint density at radius 2 is 1.77 bits per heavy atom. The van der Waals surface area contributed by atoms with Crippen molar-refractivity contribution in [3.8, 4) is 0 Å². The summed E-state index contributed by atoms with van der Waals surface area (Å²) >= 11 is 1.68. The topological polar surface area (TPSA) is 94.7 Å². The van der Waals surface area contributed by atoms with E-state index in [0.29, 0.717) is 19.4 Å². The quantitative estimate of drug-likeness (QED) is 0.180. The summed E-state index contributed by atoms with van der Waals surface area (Å²) in [5.74, 6) is -1.16. The fraction of sp³-hybridized carbons (Fsp3) is 0.355. The van der Waals surface area contributed by atoms with Crippen LogP contribution in [-0.4, -0.2) is 46.6 Å². The molecule has 0 saturated carbocycles. The van der Waals surface area contributed by atoms with Crippen LogP contribution in [0, 0.1) is 0 Å². The fourth-order valence-corrected chi connectivity index (χ4v) is 7.10. The summed E-state index contributed by atoms with van der Waals surface area (Å²) < 4.78 is 33.9. The summed E-state index contributed by atoms with van der Waals surface area (Å²) in [6, 6.07) is 15.4. The molecule has 0 spiro atoms. The Balaban J connectivity index is 1.69. The summed E-state index contributed by atoms with van der Waals surface area (Å²) in [5, 5.41) is 9.25. The monoisotopic (exact) mass is 566 g/mol. The van der Waals surface area contributed by atoms with Crippen molar-refractivity contribution >= 4 is 39.2 Å². The number of fused-ring (bicyclic) bond motifs is 1. The molecule has 39 heavy (non-hydrogen) atoms. The summed E-state index contributed by atoms with van der Waals surface area (Å²) in [6.45, 7) is 7.16. The summed E-state index contributed by atoms with van der Waals surface area (Å²) in [5.41, 5.74) is 6.13. The second-order valence-corrected chi connectivity index (χ2v) is 13.1. The number of rotatable bonds is 10. The van der Waals surface area contributed by atoms with E-state index in [0.717, 1.165) is 35.6 Å². The maximum atomic E-state index is 11.3. The lowest BCUT2D eigenvalue weighted by atomic mass is 9.81. The molecule has 2 N–H and O–H groups in total. The Bertz CT molecular complexity index is 1480. The van der Waals surface area contributed by atoms with Crippen LogP contribution in [0.15, 0.2) is 87.7 Å². The molecule has 0 amide bonds. The molecule has 8 heteroatoms. The number of para-hydroxylation sites is 1. The van der Waals surface area contributed by atoms with E-state index in [1.165, 1.54) is 21.6 Å². The summed E-state index contributed by atoms with van der Waals surface area (Å²) in [7, 11) is -3.97. The third-order valence-corrected chi connectivity index (χ3v) is 9.46. The highest BCUT2D eigenvalue weighted by Crippen LogP contribution is 2.43. The molecule has 2 aromatic rings. The Morgan fingerprint density at radius 3 is 2.44 bits per heavy atom. The lowest BCUT2D eigenvalue weighted by Crippen LogP contribution is -2.28. The van der Waals surface area contributed by atoms with E-state index in [1.807, 2.05) is 18.2 Å². The van der Waals surface area contributed by atoms with Crippen LogP contribution < -0.4 is 0 Å². The maximum absolute atomic E-state index is 11.3. The fourth-order valence-electron chi connectivity index (χ4n) is 5.37. The average Bonchev–Trinajstić information content (AvgIpc) is 3.11. The Hall–Kier alpha value is -2.94. The third-order valence-electron chi connectivity index (χ3n) is 7.42. The number of hydrogen-bond acceptors (Lipinski definition) is 4. The number of carbonyl (C=O) groups is 1. The lowest BCUT2D eigenvalue weighted by molar-refractivity contribution is -0.438. The maximum Gasteiger partial charge on any atom is 0.335 e. The van der Waals surface area contributed by atoms with Crippen molar-refractivity contribution < 1.29 is 27.4 Å². The predicted molar refractivity (Wildman–Crippen MR) is 158 cm³/mol. The van der Waals surface area contributed by atoms with Crippen molar-refractivity contribution in [2.24, 2.45) is 0 Å². The molecule has 0 fully saturated rings. The molecule has 1 heterocycles. The van der Waals surface area contributed by atoms with Crippen LogP contribution in [0.2, 0.25) is 0 Å². The Morgan fingerprint density at radius 1 is 1.05 bits per heavy atom. The molecule has 0 radical (unpaired) electrons. The number of thioether (sulfide) groups is 1. The van der Waals surface area contributed by atoms with Crippen LogP contribution in [0.4, 0.5) is 5.69 Å². The zero-order valence-electron chi connectivity index (χ0n) is 22.7. The molecule has 4 rings (SSSR count). The van der Waals surface area contributed by atoms with Gasteiger partial charge in [-0.25, -0.2) is 4.79 Å². The molecule has 0 atom stereocenters. The average molecular weight is 567 g/mol. The number of allylic oxidation sites excluding steroid dienone is 5. The van der Waals surface area contributed by atoms with Gasteiger partial charge in [-0.2, -0.15) is 13.0 Å². The third kappa shape index (κ3) is 6.80. The Labute approximate surface area is 235 Å². The molecule has 0 bridgehead atoms. The van der Waals surface area contributed by atoms with Crippen LogP contribution in [0.25, 0.3) is 0 Å². The minimum absolute atomic E-state index is 0.227. The van der Waals surface area contributed by atoms with Gasteiger partial charge in [0.25, 0.3) is 10.1 Å². The van der Waals surface area contributed by atoms with E-state index >= 15 is 0 Å². The van der Waals surface area contributed by atoms with Crippen molar-refractivity contribution in [2.45, 2.75) is 63.2 Å². The minimum Gasteiger partial charge on any atom is -0.478 e. The van der Waals surface area contributed by atoms with E-state index in [2.05, 4.69) is 61.8 Å². The van der Waals surface area contributed by atoms with Gasteiger partial charge in [0, 0.05) is 33.9 Å². The number of unbranched alkanes of at least 4 members (excludes halogenated alkanes) is 1. The van der Waals surface area contributed by atoms with Crippen molar-refractivity contribution in [1.29, 1.82) is 0 Å². The number of carboxylic acid groups (broad SMARTS) is 1. The number of hydrogen-bond donors (Lipinski definition) is 2. The van der Waals surface area contributed by atoms with Gasteiger partial charge in [0.05, 0.1) is 16.7 Å². The number of aromatic carboxylic acids is 1. The summed E-state index contributed by atoms with van der Waals surface area (Å²) in [4.78, 5) is 13.5. The first-order valence-corrected chi connectivity index (χ1v) is 15.7. The van der Waals surface area contributed by atoms with Gasteiger partial charge >= 0.3 is 5.97 Å². The molecule has 6 nitrogen and oxygen atoms in total. The number of benzene rings is 2. The van der Waals surface area contributed by atoms with Gasteiger partial charge in [-0.15, -0.1) is 0 Å². The van der Waals surface area contributed by atoms with Crippen LogP contribution in [-0.2, 0) is 15.5 Å². The molecule has 2 aromatic carbocycles. The predicted octanol–water partition coefficient (Wildman–Crippen LogP) is 7.16. The molecular formula is C31H36NO5S2+. The van der Waals surface area contributed by atoms with E-state index in [9.17, 15) is 18.3 Å². The lowest BCUT2D eigenvalue weighted by Gasteiger charge is -2.21. The molecule has 2 aliphatic rings. The Kier molecular flexibility index (Phi) is 8.99. The molecule has 1 aliphatic heterocycles. The second-order valence-electron chi connectivity index (χ2n) is 10.5.